The number of hydrogen-bond donors (Lipinski definition) is 0. The van der Waals surface area contributed by atoms with Crippen molar-refractivity contribution < 1.29 is 4.42 Å². The summed E-state index contributed by atoms with van der Waals surface area (Å²) in [7, 11) is 0. The van der Waals surface area contributed by atoms with Gasteiger partial charge in [0.1, 0.15) is 11.2 Å². The third-order valence-corrected chi connectivity index (χ3v) is 14.6. The maximum atomic E-state index is 6.51. The molecular weight excluding hydrogens is 799 g/mol. The summed E-state index contributed by atoms with van der Waals surface area (Å²) in [6.07, 6.45) is 0. The van der Waals surface area contributed by atoms with E-state index in [9.17, 15) is 0 Å². The van der Waals surface area contributed by atoms with Gasteiger partial charge in [-0.2, -0.15) is 0 Å². The Kier molecular flexibility index (Phi) is 8.51. The smallest absolute Gasteiger partial charge is 0.143 e. The molecule has 0 atom stereocenters. The molecular formula is C64H45NO. The van der Waals surface area contributed by atoms with Gasteiger partial charge in [-0.25, -0.2) is 0 Å². The van der Waals surface area contributed by atoms with Crippen molar-refractivity contribution in [3.05, 3.63) is 270 Å². The number of anilines is 3. The van der Waals surface area contributed by atoms with Crippen LogP contribution in [0.25, 0.3) is 66.4 Å². The summed E-state index contributed by atoms with van der Waals surface area (Å²) in [6, 6.07) is 87.0. The normalized spacial score (nSPS) is 13.8. The first-order chi connectivity index (χ1) is 32.5. The largest absolute Gasteiger partial charge is 0.455 e. The molecule has 312 valence electrons. The summed E-state index contributed by atoms with van der Waals surface area (Å²) >= 11 is 0. The summed E-state index contributed by atoms with van der Waals surface area (Å²) in [4.78, 5) is 2.43. The second-order valence-corrected chi connectivity index (χ2v) is 18.4. The fraction of sp³-hybridized carbons (Fsp3) is 0.0625. The number of furan rings is 1. The molecule has 0 bridgehead atoms. The lowest BCUT2D eigenvalue weighted by Crippen LogP contribution is -2.40. The van der Waals surface area contributed by atoms with Crippen LogP contribution in [0.4, 0.5) is 17.1 Å². The highest BCUT2D eigenvalue weighted by Crippen LogP contribution is 2.62. The summed E-state index contributed by atoms with van der Waals surface area (Å²) in [5.74, 6) is 0. The van der Waals surface area contributed by atoms with Crippen molar-refractivity contribution >= 4 is 39.0 Å². The molecule has 66 heavy (non-hydrogen) atoms. The zero-order valence-corrected chi connectivity index (χ0v) is 36.9. The van der Waals surface area contributed by atoms with E-state index in [1.165, 1.54) is 66.8 Å². The van der Waals surface area contributed by atoms with Crippen molar-refractivity contribution in [1.29, 1.82) is 0 Å². The van der Waals surface area contributed by atoms with Crippen LogP contribution >= 0.6 is 0 Å². The zero-order valence-electron chi connectivity index (χ0n) is 36.9. The van der Waals surface area contributed by atoms with Crippen LogP contribution < -0.4 is 4.90 Å². The van der Waals surface area contributed by atoms with Crippen LogP contribution in [0.2, 0.25) is 0 Å². The third kappa shape index (κ3) is 5.61. The van der Waals surface area contributed by atoms with Crippen LogP contribution in [0.5, 0.6) is 0 Å². The molecule has 0 fully saturated rings. The van der Waals surface area contributed by atoms with Crippen LogP contribution in [-0.4, -0.2) is 0 Å². The molecule has 0 unspecified atom stereocenters. The molecule has 0 amide bonds. The van der Waals surface area contributed by atoms with Crippen molar-refractivity contribution in [2.24, 2.45) is 0 Å². The van der Waals surface area contributed by atoms with Crippen LogP contribution in [0.1, 0.15) is 47.2 Å². The molecule has 11 aromatic rings. The van der Waals surface area contributed by atoms with E-state index < -0.39 is 5.41 Å². The van der Waals surface area contributed by atoms with Gasteiger partial charge in [-0.15, -0.1) is 0 Å². The first kappa shape index (κ1) is 38.3. The van der Waals surface area contributed by atoms with Gasteiger partial charge in [0.15, 0.2) is 0 Å². The summed E-state index contributed by atoms with van der Waals surface area (Å²) in [5.41, 5.74) is 22.1. The zero-order chi connectivity index (χ0) is 44.0. The van der Waals surface area contributed by atoms with Gasteiger partial charge in [-0.05, 0) is 121 Å². The number of nitrogens with zero attached hydrogens (tertiary/aromatic N) is 1. The van der Waals surface area contributed by atoms with Gasteiger partial charge in [-0.3, -0.25) is 0 Å². The van der Waals surface area contributed by atoms with Gasteiger partial charge >= 0.3 is 0 Å². The van der Waals surface area contributed by atoms with Crippen molar-refractivity contribution in [1.82, 2.24) is 0 Å². The SMILES string of the molecule is CC1(C)c2ccccc2C2(c3ccccc3-c3ccc(N(c4ccc(-c5cccc(-c6ccccc6)c5)cc4)c4ccc(-c5cccc6c5oc5ccccc56)cc4)cc32)c2ccccc21. The number of para-hydroxylation sites is 2. The Labute approximate surface area is 385 Å². The second kappa shape index (κ2) is 14.7. The molecule has 1 aromatic heterocycles. The predicted octanol–water partition coefficient (Wildman–Crippen LogP) is 17.1. The Bertz CT molecular complexity index is 3620. The van der Waals surface area contributed by atoms with Crippen molar-refractivity contribution in [3.63, 3.8) is 0 Å². The van der Waals surface area contributed by atoms with E-state index in [-0.39, 0.29) is 5.41 Å². The Hall–Kier alpha value is -8.20. The molecule has 1 heterocycles. The van der Waals surface area contributed by atoms with E-state index in [4.69, 9.17) is 4.42 Å². The number of benzene rings is 10. The van der Waals surface area contributed by atoms with Gasteiger partial charge in [0, 0.05) is 38.8 Å². The lowest BCUT2D eigenvalue weighted by Gasteiger charge is -2.46. The molecule has 2 aliphatic rings. The Morgan fingerprint density at radius 2 is 0.803 bits per heavy atom. The minimum atomic E-state index is -0.501. The Morgan fingerprint density at radius 3 is 1.50 bits per heavy atom. The lowest BCUT2D eigenvalue weighted by atomic mass is 9.55. The molecule has 13 rings (SSSR count). The van der Waals surface area contributed by atoms with Crippen LogP contribution in [0, 0.1) is 0 Å². The molecule has 0 saturated heterocycles. The Balaban J connectivity index is 0.994. The number of rotatable bonds is 6. The van der Waals surface area contributed by atoms with Gasteiger partial charge in [0.25, 0.3) is 0 Å². The highest BCUT2D eigenvalue weighted by molar-refractivity contribution is 6.09. The maximum absolute atomic E-state index is 6.51. The van der Waals surface area contributed by atoms with E-state index >= 15 is 0 Å². The standard InChI is InChI=1S/C64H45NO/c1-63(2)56-25-9-11-27-58(56)64(59-28-12-10-26-57(59)63)55-24-8-6-20-51(55)52-39-38-49(41-60(52)64)65(47-34-30-43(31-35-47)46-19-14-18-45(40-46)42-16-4-3-5-17-42)48-36-32-44(33-37-48)50-22-15-23-54-53-21-7-13-29-61(53)66-62(50)54/h3-41H,1-2H3. The molecule has 2 heteroatoms. The van der Waals surface area contributed by atoms with Crippen molar-refractivity contribution in [2.45, 2.75) is 24.7 Å². The quantitative estimate of drug-likeness (QED) is 0.166. The average Bonchev–Trinajstić information content (AvgIpc) is 3.91. The van der Waals surface area contributed by atoms with Gasteiger partial charge in [0.2, 0.25) is 0 Å². The van der Waals surface area contributed by atoms with Gasteiger partial charge in [-0.1, -0.05) is 202 Å². The Morgan fingerprint density at radius 1 is 0.318 bits per heavy atom. The topological polar surface area (TPSA) is 16.4 Å². The first-order valence-electron chi connectivity index (χ1n) is 23.0. The molecule has 2 aliphatic carbocycles. The third-order valence-electron chi connectivity index (χ3n) is 14.6. The minimum Gasteiger partial charge on any atom is -0.455 e. The maximum Gasteiger partial charge on any atom is 0.143 e. The molecule has 10 aromatic carbocycles. The molecule has 0 saturated carbocycles. The summed E-state index contributed by atoms with van der Waals surface area (Å²) in [5, 5.41) is 2.27. The van der Waals surface area contributed by atoms with E-state index in [2.05, 4.69) is 249 Å². The molecule has 0 aliphatic heterocycles. The first-order valence-corrected chi connectivity index (χ1v) is 23.0. The summed E-state index contributed by atoms with van der Waals surface area (Å²) < 4.78 is 6.51. The predicted molar refractivity (Wildman–Crippen MR) is 274 cm³/mol. The fourth-order valence-corrected chi connectivity index (χ4v) is 11.5. The van der Waals surface area contributed by atoms with Gasteiger partial charge in [0.05, 0.1) is 5.41 Å². The average molecular weight is 844 g/mol. The van der Waals surface area contributed by atoms with Gasteiger partial charge < -0.3 is 9.32 Å². The molecule has 0 radical (unpaired) electrons. The number of hydrogen-bond acceptors (Lipinski definition) is 2. The highest BCUT2D eigenvalue weighted by atomic mass is 16.3. The van der Waals surface area contributed by atoms with E-state index in [0.717, 1.165) is 50.1 Å². The van der Waals surface area contributed by atoms with E-state index in [1.807, 2.05) is 6.07 Å². The molecule has 1 spiro atoms. The van der Waals surface area contributed by atoms with Crippen molar-refractivity contribution in [2.75, 3.05) is 4.90 Å². The minimum absolute atomic E-state index is 0.170. The molecule has 2 nitrogen and oxygen atoms in total. The molecule has 0 N–H and O–H groups in total. The second-order valence-electron chi connectivity index (χ2n) is 18.4. The number of fused-ring (bicyclic) bond motifs is 12. The van der Waals surface area contributed by atoms with Crippen LogP contribution in [0.15, 0.2) is 241 Å². The van der Waals surface area contributed by atoms with E-state index in [0.29, 0.717) is 0 Å². The highest BCUT2D eigenvalue weighted by Gasteiger charge is 2.53. The lowest BCUT2D eigenvalue weighted by molar-refractivity contribution is 0.563. The van der Waals surface area contributed by atoms with Crippen LogP contribution in [-0.2, 0) is 10.8 Å². The fourth-order valence-electron chi connectivity index (χ4n) is 11.5. The van der Waals surface area contributed by atoms with Crippen molar-refractivity contribution in [3.8, 4) is 44.5 Å². The summed E-state index contributed by atoms with van der Waals surface area (Å²) in [6.45, 7) is 4.77. The monoisotopic (exact) mass is 843 g/mol. The van der Waals surface area contributed by atoms with E-state index in [1.54, 1.807) is 0 Å². The van der Waals surface area contributed by atoms with Crippen LogP contribution in [0.3, 0.4) is 0 Å².